The van der Waals surface area contributed by atoms with E-state index >= 15 is 0 Å². The molecular weight excluding hydrogens is 321 g/mol. The van der Waals surface area contributed by atoms with Crippen LogP contribution in [0.2, 0.25) is 0 Å². The summed E-state index contributed by atoms with van der Waals surface area (Å²) in [4.78, 5) is 0. The van der Waals surface area contributed by atoms with Crippen LogP contribution in [0.5, 0.6) is 11.5 Å². The smallest absolute Gasteiger partial charge is 0.403 e. The molecule has 2 aromatic carbocycles. The molecule has 2 fully saturated rings. The van der Waals surface area contributed by atoms with Gasteiger partial charge in [0, 0.05) is 15.5 Å². The first kappa shape index (κ1) is 17.7. The molecular formula is C16H14B6O4. The van der Waals surface area contributed by atoms with E-state index in [0.717, 1.165) is 29.0 Å². The van der Waals surface area contributed by atoms with Gasteiger partial charge in [0.15, 0.2) is 6.60 Å². The Labute approximate surface area is 158 Å². The second-order valence-corrected chi connectivity index (χ2v) is 6.39. The van der Waals surface area contributed by atoms with Gasteiger partial charge in [-0.15, -0.1) is 0 Å². The van der Waals surface area contributed by atoms with Gasteiger partial charge < -0.3 is 18.8 Å². The van der Waals surface area contributed by atoms with Crippen LogP contribution in [-0.2, 0) is 9.47 Å². The number of hydrogen-bond acceptors (Lipinski definition) is 4. The minimum absolute atomic E-state index is 0.0615. The van der Waals surface area contributed by atoms with Gasteiger partial charge in [0.2, 0.25) is 0 Å². The van der Waals surface area contributed by atoms with Crippen LogP contribution >= 0.6 is 0 Å². The van der Waals surface area contributed by atoms with E-state index in [9.17, 15) is 0 Å². The molecule has 2 aliphatic heterocycles. The van der Waals surface area contributed by atoms with Gasteiger partial charge in [0.25, 0.3) is 0 Å². The van der Waals surface area contributed by atoms with Gasteiger partial charge in [-0.1, -0.05) is 35.2 Å². The van der Waals surface area contributed by atoms with Crippen LogP contribution in [0.15, 0.2) is 48.5 Å². The molecule has 0 N–H and O–H groups in total. The summed E-state index contributed by atoms with van der Waals surface area (Å²) in [6.07, 6.45) is 0. The van der Waals surface area contributed by atoms with Gasteiger partial charge in [0.05, 0.1) is 43.8 Å². The molecule has 2 aromatic rings. The minimum atomic E-state index is -0.225. The fourth-order valence-corrected chi connectivity index (χ4v) is 2.63. The third-order valence-corrected chi connectivity index (χ3v) is 4.38. The second-order valence-electron chi connectivity index (χ2n) is 6.39. The lowest BCUT2D eigenvalue weighted by Crippen LogP contribution is -2.43. The zero-order valence-electron chi connectivity index (χ0n) is 14.3. The summed E-state index contributed by atoms with van der Waals surface area (Å²) in [5.74, 6) is 1.51. The normalized spacial score (nSPS) is 20.0. The fourth-order valence-electron chi connectivity index (χ4n) is 2.63. The summed E-state index contributed by atoms with van der Waals surface area (Å²) in [7, 11) is 15.2. The average molecular weight is 335 g/mol. The maximum absolute atomic E-state index is 6.38. The van der Waals surface area contributed by atoms with Crippen molar-refractivity contribution in [2.75, 3.05) is 13.2 Å². The van der Waals surface area contributed by atoms with Crippen LogP contribution in [-0.4, -0.2) is 68.6 Å². The van der Waals surface area contributed by atoms with Crippen molar-refractivity contribution in [3.63, 3.8) is 0 Å². The Morgan fingerprint density at radius 1 is 0.923 bits per heavy atom. The topological polar surface area (TPSA) is 43.5 Å². The molecule has 0 spiro atoms. The maximum Gasteiger partial charge on any atom is 0.403 e. The predicted molar refractivity (Wildman–Crippen MR) is 107 cm³/mol. The van der Waals surface area contributed by atoms with Gasteiger partial charge >= 0.3 is 14.3 Å². The Balaban J connectivity index is 1.36. The van der Waals surface area contributed by atoms with Gasteiger partial charge in [-0.25, -0.2) is 0 Å². The Hall–Kier alpha value is -1.65. The van der Waals surface area contributed by atoms with Gasteiger partial charge in [-0.3, -0.25) is 0 Å². The second kappa shape index (κ2) is 7.93. The third kappa shape index (κ3) is 4.54. The average Bonchev–Trinajstić information content (AvgIpc) is 3.58. The summed E-state index contributed by atoms with van der Waals surface area (Å²) in [6.45, 7) is 0.977. The van der Waals surface area contributed by atoms with Crippen LogP contribution in [0.3, 0.4) is 0 Å². The van der Waals surface area contributed by atoms with Crippen molar-refractivity contribution >= 4 is 54.4 Å². The Morgan fingerprint density at radius 3 is 2.00 bits per heavy atom. The molecule has 26 heavy (non-hydrogen) atoms. The molecule has 0 aromatic heterocycles. The molecule has 4 nitrogen and oxygen atoms in total. The van der Waals surface area contributed by atoms with E-state index in [1.54, 1.807) is 7.48 Å². The zero-order valence-corrected chi connectivity index (χ0v) is 14.3. The van der Waals surface area contributed by atoms with E-state index in [2.05, 4.69) is 0 Å². The molecule has 0 bridgehead atoms. The third-order valence-electron chi connectivity index (χ3n) is 4.38. The standard InChI is InChI=1S/C16H14B6O4/c17-20-22(16-10-24-16)26-14-7-3-12(4-8-14)21(18)11-1-5-13(6-2-11)25-19-15-9-23-15/h1-8,15-16H,9-10H2. The van der Waals surface area contributed by atoms with Crippen LogP contribution in [0, 0.1) is 0 Å². The lowest BCUT2D eigenvalue weighted by atomic mass is 9.21. The van der Waals surface area contributed by atoms with E-state index in [1.165, 1.54) is 7.06 Å². The molecule has 10 heteroatoms. The summed E-state index contributed by atoms with van der Waals surface area (Å²) >= 11 is 0. The molecule has 2 unspecified atom stereocenters. The molecule has 120 valence electrons. The van der Waals surface area contributed by atoms with E-state index in [4.69, 9.17) is 34.3 Å². The number of benzene rings is 2. The fraction of sp³-hybridized carbons (Fsp3) is 0.250. The van der Waals surface area contributed by atoms with E-state index in [1.807, 2.05) is 48.5 Å². The number of rotatable bonds is 9. The van der Waals surface area contributed by atoms with Crippen molar-refractivity contribution < 1.29 is 18.8 Å². The van der Waals surface area contributed by atoms with Crippen LogP contribution < -0.4 is 20.2 Å². The van der Waals surface area contributed by atoms with E-state index in [-0.39, 0.29) is 25.4 Å². The highest BCUT2D eigenvalue weighted by atomic mass is 16.6. The van der Waals surface area contributed by atoms with Crippen LogP contribution in [0.25, 0.3) is 0 Å². The van der Waals surface area contributed by atoms with Crippen molar-refractivity contribution in [1.82, 2.24) is 0 Å². The summed E-state index contributed by atoms with van der Waals surface area (Å²) in [5, 5.41) is 0. The molecule has 2 aliphatic rings. The SMILES string of the molecule is [B][B]B(Oc1ccc(B([B])c2ccc(O[B]C3CO3)cc2)cc1)C1CO1. The molecule has 0 saturated carbocycles. The van der Waals surface area contributed by atoms with E-state index in [0.29, 0.717) is 6.61 Å². The lowest BCUT2D eigenvalue weighted by molar-refractivity contribution is 0.436. The van der Waals surface area contributed by atoms with Crippen molar-refractivity contribution in [1.29, 1.82) is 0 Å². The first-order valence-corrected chi connectivity index (χ1v) is 8.63. The quantitative estimate of drug-likeness (QED) is 0.431. The van der Waals surface area contributed by atoms with Crippen molar-refractivity contribution in [2.45, 2.75) is 12.0 Å². The Bertz CT molecular complexity index is 721. The van der Waals surface area contributed by atoms with Crippen molar-refractivity contribution in [3.05, 3.63) is 48.5 Å². The first-order valence-electron chi connectivity index (χ1n) is 8.63. The molecule has 2 atom stereocenters. The Morgan fingerprint density at radius 2 is 1.50 bits per heavy atom. The number of ether oxygens (including phenoxy) is 2. The highest BCUT2D eigenvalue weighted by Gasteiger charge is 2.37. The lowest BCUT2D eigenvalue weighted by Gasteiger charge is -2.15. The molecule has 2 heterocycles. The van der Waals surface area contributed by atoms with Crippen molar-refractivity contribution in [2.24, 2.45) is 0 Å². The predicted octanol–water partition coefficient (Wildman–Crippen LogP) is -1.09. The number of hydrogen-bond donors (Lipinski definition) is 0. The first-order chi connectivity index (χ1) is 12.7. The Kier molecular flexibility index (Phi) is 5.41. The van der Waals surface area contributed by atoms with Gasteiger partial charge in [0.1, 0.15) is 0 Å². The summed E-state index contributed by atoms with van der Waals surface area (Å²) in [5.41, 5.74) is 2.01. The minimum Gasteiger partial charge on any atom is -0.567 e. The molecule has 6 radical (unpaired) electrons. The summed E-state index contributed by atoms with van der Waals surface area (Å²) in [6, 6.07) is 15.7. The van der Waals surface area contributed by atoms with Gasteiger partial charge in [-0.2, -0.15) is 0 Å². The highest BCUT2D eigenvalue weighted by Crippen LogP contribution is 2.17. The molecule has 2 saturated heterocycles. The molecule has 4 rings (SSSR count). The molecule has 0 aliphatic carbocycles. The zero-order chi connectivity index (χ0) is 17.9. The summed E-state index contributed by atoms with van der Waals surface area (Å²) < 4.78 is 21.6. The molecule has 0 amide bonds. The van der Waals surface area contributed by atoms with Crippen molar-refractivity contribution in [3.8, 4) is 11.5 Å². The highest BCUT2D eigenvalue weighted by molar-refractivity contribution is 7.30. The van der Waals surface area contributed by atoms with Gasteiger partial charge in [-0.05, 0) is 24.3 Å². The van der Waals surface area contributed by atoms with Crippen LogP contribution in [0.4, 0.5) is 0 Å². The number of epoxide rings is 2. The largest absolute Gasteiger partial charge is 0.567 e. The van der Waals surface area contributed by atoms with E-state index < -0.39 is 0 Å². The van der Waals surface area contributed by atoms with Crippen LogP contribution in [0.1, 0.15) is 0 Å². The monoisotopic (exact) mass is 336 g/mol. The maximum atomic E-state index is 6.38.